The van der Waals surface area contributed by atoms with Gasteiger partial charge in [-0.2, -0.15) is 0 Å². The van der Waals surface area contributed by atoms with Gasteiger partial charge in [0.2, 0.25) is 5.91 Å². The Morgan fingerprint density at radius 1 is 1.47 bits per heavy atom. The summed E-state index contributed by atoms with van der Waals surface area (Å²) >= 11 is 0. The molecule has 2 saturated heterocycles. The highest BCUT2D eigenvalue weighted by Crippen LogP contribution is 2.50. The van der Waals surface area contributed by atoms with E-state index in [2.05, 4.69) is 18.4 Å². The molecule has 2 heteroatoms. The van der Waals surface area contributed by atoms with Gasteiger partial charge in [-0.3, -0.25) is 4.79 Å². The van der Waals surface area contributed by atoms with Crippen LogP contribution in [0.4, 0.5) is 0 Å². The van der Waals surface area contributed by atoms with Crippen LogP contribution in [0.25, 0.3) is 0 Å². The lowest BCUT2D eigenvalue weighted by atomic mass is 9.82. The van der Waals surface area contributed by atoms with Crippen LogP contribution in [-0.4, -0.2) is 22.9 Å². The lowest BCUT2D eigenvalue weighted by Gasteiger charge is -2.40. The van der Waals surface area contributed by atoms with E-state index >= 15 is 0 Å². The first kappa shape index (κ1) is 9.44. The zero-order valence-electron chi connectivity index (χ0n) is 9.36. The molecule has 0 N–H and O–H groups in total. The second-order valence-electron chi connectivity index (χ2n) is 5.51. The van der Waals surface area contributed by atoms with E-state index in [1.54, 1.807) is 0 Å². The highest BCUT2D eigenvalue weighted by atomic mass is 16.2. The van der Waals surface area contributed by atoms with Gasteiger partial charge in [0.15, 0.2) is 0 Å². The van der Waals surface area contributed by atoms with Crippen molar-refractivity contribution in [2.24, 2.45) is 17.8 Å². The molecule has 0 spiro atoms. The van der Waals surface area contributed by atoms with Crippen LogP contribution in [0.2, 0.25) is 0 Å². The van der Waals surface area contributed by atoms with Gasteiger partial charge in [-0.15, -0.1) is 6.58 Å². The summed E-state index contributed by atoms with van der Waals surface area (Å²) in [6, 6.07) is 0.895. The van der Waals surface area contributed by atoms with E-state index in [0.717, 1.165) is 18.3 Å². The van der Waals surface area contributed by atoms with Gasteiger partial charge in [0, 0.05) is 12.5 Å². The fourth-order valence-corrected chi connectivity index (χ4v) is 4.15. The van der Waals surface area contributed by atoms with Crippen molar-refractivity contribution in [3.63, 3.8) is 0 Å². The number of amides is 1. The van der Waals surface area contributed by atoms with E-state index in [-0.39, 0.29) is 0 Å². The van der Waals surface area contributed by atoms with E-state index in [1.807, 2.05) is 6.08 Å². The molecular weight excluding hydrogens is 186 g/mol. The van der Waals surface area contributed by atoms with E-state index in [1.165, 1.54) is 19.3 Å². The van der Waals surface area contributed by atoms with Crippen LogP contribution in [0.3, 0.4) is 0 Å². The molecule has 0 aromatic rings. The van der Waals surface area contributed by atoms with Gasteiger partial charge < -0.3 is 4.90 Å². The second kappa shape index (κ2) is 3.10. The van der Waals surface area contributed by atoms with Crippen molar-refractivity contribution in [2.75, 3.05) is 0 Å². The maximum Gasteiger partial charge on any atom is 0.223 e. The largest absolute Gasteiger partial charge is 0.333 e. The molecule has 0 aromatic carbocycles. The molecule has 0 aromatic heterocycles. The standard InChI is InChI=1S/C13H19NO/c1-3-10-7-9-4-5-11-8(2)6-12(15)14(10)13(9)11/h3,8-11,13H,1,4-7H2,2H3/t8?,9-,10+,11?,13+/m0/s1. The van der Waals surface area contributed by atoms with Crippen molar-refractivity contribution < 1.29 is 4.79 Å². The molecule has 2 nitrogen and oxygen atoms in total. The van der Waals surface area contributed by atoms with E-state index in [0.29, 0.717) is 23.9 Å². The zero-order chi connectivity index (χ0) is 10.6. The Hall–Kier alpha value is -0.790. The van der Waals surface area contributed by atoms with Crippen molar-refractivity contribution >= 4 is 5.91 Å². The van der Waals surface area contributed by atoms with Crippen molar-refractivity contribution in [1.82, 2.24) is 4.90 Å². The van der Waals surface area contributed by atoms with Crippen LogP contribution in [-0.2, 0) is 4.79 Å². The van der Waals surface area contributed by atoms with Crippen molar-refractivity contribution in [3.8, 4) is 0 Å². The van der Waals surface area contributed by atoms with Gasteiger partial charge in [-0.25, -0.2) is 0 Å². The van der Waals surface area contributed by atoms with Crippen molar-refractivity contribution in [3.05, 3.63) is 12.7 Å². The average molecular weight is 205 g/mol. The predicted octanol–water partition coefficient (Wildman–Crippen LogP) is 2.21. The third-order valence-electron chi connectivity index (χ3n) is 4.80. The van der Waals surface area contributed by atoms with Crippen LogP contribution in [0.1, 0.15) is 32.6 Å². The molecule has 3 rings (SSSR count). The molecule has 2 unspecified atom stereocenters. The molecule has 15 heavy (non-hydrogen) atoms. The number of nitrogens with zero attached hydrogens (tertiary/aromatic N) is 1. The summed E-state index contributed by atoms with van der Waals surface area (Å²) in [4.78, 5) is 14.2. The van der Waals surface area contributed by atoms with Crippen molar-refractivity contribution in [2.45, 2.75) is 44.7 Å². The maximum absolute atomic E-state index is 12.1. The Balaban J connectivity index is 1.96. The van der Waals surface area contributed by atoms with Crippen LogP contribution in [0.15, 0.2) is 12.7 Å². The van der Waals surface area contributed by atoms with Crippen LogP contribution in [0.5, 0.6) is 0 Å². The van der Waals surface area contributed by atoms with E-state index in [9.17, 15) is 4.79 Å². The molecule has 3 aliphatic rings. The third kappa shape index (κ3) is 1.14. The number of hydrogen-bond donors (Lipinski definition) is 0. The summed E-state index contributed by atoms with van der Waals surface area (Å²) in [6.45, 7) is 6.13. The molecule has 1 aliphatic carbocycles. The Kier molecular flexibility index (Phi) is 1.95. The molecule has 1 amide bonds. The zero-order valence-corrected chi connectivity index (χ0v) is 9.36. The quantitative estimate of drug-likeness (QED) is 0.601. The minimum Gasteiger partial charge on any atom is -0.333 e. The first-order valence-corrected chi connectivity index (χ1v) is 6.16. The van der Waals surface area contributed by atoms with E-state index < -0.39 is 0 Å². The lowest BCUT2D eigenvalue weighted by molar-refractivity contribution is -0.140. The predicted molar refractivity (Wildman–Crippen MR) is 59.2 cm³/mol. The first-order valence-electron chi connectivity index (χ1n) is 6.16. The fourth-order valence-electron chi connectivity index (χ4n) is 4.15. The molecule has 0 bridgehead atoms. The molecule has 0 radical (unpaired) electrons. The van der Waals surface area contributed by atoms with Gasteiger partial charge in [-0.1, -0.05) is 13.0 Å². The normalized spacial score (nSPS) is 48.2. The minimum atomic E-state index is 0.336. The topological polar surface area (TPSA) is 20.3 Å². The second-order valence-corrected chi connectivity index (χ2v) is 5.51. The third-order valence-corrected chi connectivity index (χ3v) is 4.80. The Labute approximate surface area is 91.3 Å². The fraction of sp³-hybridized carbons (Fsp3) is 0.769. The smallest absolute Gasteiger partial charge is 0.223 e. The summed E-state index contributed by atoms with van der Waals surface area (Å²) in [7, 11) is 0. The monoisotopic (exact) mass is 205 g/mol. The molecule has 1 saturated carbocycles. The molecule has 5 atom stereocenters. The molecular formula is C13H19NO. The number of carbonyl (C=O) groups excluding carboxylic acids is 1. The Morgan fingerprint density at radius 3 is 3.00 bits per heavy atom. The van der Waals surface area contributed by atoms with Crippen LogP contribution in [0, 0.1) is 17.8 Å². The molecule has 82 valence electrons. The number of hydrogen-bond acceptors (Lipinski definition) is 1. The van der Waals surface area contributed by atoms with Crippen LogP contribution < -0.4 is 0 Å². The SMILES string of the molecule is C=C[C@@H]1C[C@@H]2CCC3C(C)CC(=O)N1[C@@H]32. The summed E-state index contributed by atoms with van der Waals surface area (Å²) < 4.78 is 0. The van der Waals surface area contributed by atoms with E-state index in [4.69, 9.17) is 0 Å². The Morgan fingerprint density at radius 2 is 2.27 bits per heavy atom. The van der Waals surface area contributed by atoms with Gasteiger partial charge in [0.05, 0.1) is 6.04 Å². The highest BCUT2D eigenvalue weighted by molar-refractivity contribution is 5.79. The molecule has 2 aliphatic heterocycles. The molecule has 2 heterocycles. The lowest BCUT2D eigenvalue weighted by Crippen LogP contribution is -2.50. The Bertz CT molecular complexity index is 312. The highest BCUT2D eigenvalue weighted by Gasteiger charge is 2.53. The summed E-state index contributed by atoms with van der Waals surface area (Å²) in [5, 5.41) is 0. The number of piperidine rings is 1. The average Bonchev–Trinajstić information content (AvgIpc) is 2.73. The summed E-state index contributed by atoms with van der Waals surface area (Å²) in [5.74, 6) is 2.52. The maximum atomic E-state index is 12.1. The van der Waals surface area contributed by atoms with Gasteiger partial charge in [0.25, 0.3) is 0 Å². The number of rotatable bonds is 1. The van der Waals surface area contributed by atoms with Crippen molar-refractivity contribution in [1.29, 1.82) is 0 Å². The van der Waals surface area contributed by atoms with Gasteiger partial charge in [0.1, 0.15) is 0 Å². The summed E-state index contributed by atoms with van der Waals surface area (Å²) in [5.41, 5.74) is 0. The summed E-state index contributed by atoms with van der Waals surface area (Å²) in [6.07, 6.45) is 6.57. The number of carbonyl (C=O) groups is 1. The van der Waals surface area contributed by atoms with Crippen LogP contribution >= 0.6 is 0 Å². The molecule has 3 fully saturated rings. The first-order chi connectivity index (χ1) is 7.22. The minimum absolute atomic E-state index is 0.336. The van der Waals surface area contributed by atoms with Gasteiger partial charge >= 0.3 is 0 Å². The van der Waals surface area contributed by atoms with Gasteiger partial charge in [-0.05, 0) is 37.0 Å².